The number of rotatable bonds is 4. The van der Waals surface area contributed by atoms with Gasteiger partial charge in [0.15, 0.2) is 0 Å². The molecule has 1 aromatic heterocycles. The summed E-state index contributed by atoms with van der Waals surface area (Å²) in [5.74, 6) is -1.07. The third-order valence-electron chi connectivity index (χ3n) is 8.27. The Morgan fingerprint density at radius 1 is 0.837 bits per heavy atom. The summed E-state index contributed by atoms with van der Waals surface area (Å²) in [5, 5.41) is 2.06. The third kappa shape index (κ3) is 6.45. The lowest BCUT2D eigenvalue weighted by Gasteiger charge is -2.41. The van der Waals surface area contributed by atoms with Crippen molar-refractivity contribution in [2.75, 3.05) is 32.7 Å². The molecule has 2 unspecified atom stereocenters. The van der Waals surface area contributed by atoms with Gasteiger partial charge in [0.25, 0.3) is 5.91 Å². The van der Waals surface area contributed by atoms with Gasteiger partial charge in [-0.05, 0) is 73.0 Å². The second kappa shape index (κ2) is 12.0. The number of hydrogen-bond donors (Lipinski definition) is 0. The number of fused-ring (bicyclic) bond motifs is 1. The summed E-state index contributed by atoms with van der Waals surface area (Å²) in [5.41, 5.74) is -0.348. The third-order valence-corrected chi connectivity index (χ3v) is 9.27. The van der Waals surface area contributed by atoms with Crippen LogP contribution in [-0.4, -0.2) is 65.3 Å². The number of halogens is 6. The van der Waals surface area contributed by atoms with Crippen molar-refractivity contribution in [1.29, 1.82) is 0 Å². The first-order chi connectivity index (χ1) is 20.3. The van der Waals surface area contributed by atoms with Crippen molar-refractivity contribution in [3.05, 3.63) is 92.2 Å². The summed E-state index contributed by atoms with van der Waals surface area (Å²) in [6.45, 7) is 5.10. The molecule has 0 aliphatic carbocycles. The van der Waals surface area contributed by atoms with Crippen LogP contribution in [-0.2, 0) is 23.6 Å². The first-order valence-corrected chi connectivity index (χ1v) is 14.9. The number of amides is 2. The zero-order chi connectivity index (χ0) is 31.1. The number of aryl methyl sites for hydroxylation is 1. The minimum absolute atomic E-state index is 0.00481. The highest BCUT2D eigenvalue weighted by atomic mass is 32.1. The molecule has 43 heavy (non-hydrogen) atoms. The minimum Gasteiger partial charge on any atom is -0.340 e. The average Bonchev–Trinajstić information content (AvgIpc) is 3.31. The van der Waals surface area contributed by atoms with Crippen molar-refractivity contribution >= 4 is 23.2 Å². The lowest BCUT2D eigenvalue weighted by molar-refractivity contribution is -0.143. The summed E-state index contributed by atoms with van der Waals surface area (Å²) < 4.78 is 80.1. The fraction of sp³-hybridized carbons (Fsp3) is 0.419. The number of benzene rings is 2. The second-order valence-electron chi connectivity index (χ2n) is 11.0. The van der Waals surface area contributed by atoms with E-state index in [4.69, 9.17) is 0 Å². The number of alkyl halides is 6. The molecule has 2 aromatic carbocycles. The quantitative estimate of drug-likeness (QED) is 0.300. The Balaban J connectivity index is 1.33. The maximum absolute atomic E-state index is 13.9. The van der Waals surface area contributed by atoms with Crippen molar-refractivity contribution in [1.82, 2.24) is 14.7 Å². The summed E-state index contributed by atoms with van der Waals surface area (Å²) in [4.78, 5) is 33.4. The van der Waals surface area contributed by atoms with Gasteiger partial charge in [0, 0.05) is 43.2 Å². The van der Waals surface area contributed by atoms with Crippen LogP contribution in [0.5, 0.6) is 0 Å². The molecule has 2 aliphatic rings. The molecule has 5 rings (SSSR count). The van der Waals surface area contributed by atoms with Crippen LogP contribution < -0.4 is 0 Å². The van der Waals surface area contributed by atoms with Crippen molar-refractivity contribution in [3.63, 3.8) is 0 Å². The molecule has 3 heterocycles. The van der Waals surface area contributed by atoms with Gasteiger partial charge in [0.1, 0.15) is 0 Å². The van der Waals surface area contributed by atoms with Crippen LogP contribution in [0.3, 0.4) is 0 Å². The molecular weight excluding hydrogens is 592 g/mol. The van der Waals surface area contributed by atoms with Gasteiger partial charge < -0.3 is 9.80 Å². The Bertz CT molecular complexity index is 1470. The average molecular weight is 624 g/mol. The topological polar surface area (TPSA) is 43.9 Å². The predicted molar refractivity (Wildman–Crippen MR) is 151 cm³/mol. The largest absolute Gasteiger partial charge is 0.416 e. The number of carbonyl (C=O) groups excluding carboxylic acids is 2. The smallest absolute Gasteiger partial charge is 0.340 e. The van der Waals surface area contributed by atoms with E-state index < -0.39 is 41.0 Å². The molecule has 2 amide bonds. The van der Waals surface area contributed by atoms with E-state index in [1.807, 2.05) is 32.0 Å². The number of thiophene rings is 1. The highest BCUT2D eigenvalue weighted by Crippen LogP contribution is 2.40. The molecule has 2 atom stereocenters. The van der Waals surface area contributed by atoms with E-state index in [0.717, 1.165) is 17.5 Å². The highest BCUT2D eigenvalue weighted by molar-refractivity contribution is 7.10. The molecule has 3 aromatic rings. The van der Waals surface area contributed by atoms with E-state index in [9.17, 15) is 35.9 Å². The fourth-order valence-corrected chi connectivity index (χ4v) is 6.90. The molecule has 2 aliphatic heterocycles. The summed E-state index contributed by atoms with van der Waals surface area (Å²) in [7, 11) is 0. The lowest BCUT2D eigenvalue weighted by Crippen LogP contribution is -2.51. The van der Waals surface area contributed by atoms with Gasteiger partial charge in [-0.3, -0.25) is 14.5 Å². The molecule has 0 spiro atoms. The SMILES string of the molecule is Cc1ccccc1C1c2ccsc2CCN1C(C)C(=O)N1CCCN(C(=O)c2cc(C(F)(F)F)cc(C(F)(F)F)c2)CC1. The number of nitrogens with zero attached hydrogens (tertiary/aromatic N) is 3. The van der Waals surface area contributed by atoms with E-state index in [2.05, 4.69) is 22.4 Å². The Hall–Kier alpha value is -3.38. The fourth-order valence-electron chi connectivity index (χ4n) is 6.00. The Kier molecular flexibility index (Phi) is 8.63. The summed E-state index contributed by atoms with van der Waals surface area (Å²) >= 11 is 1.70. The molecular formula is C31H31F6N3O2S. The van der Waals surface area contributed by atoms with E-state index in [1.54, 1.807) is 16.2 Å². The van der Waals surface area contributed by atoms with Gasteiger partial charge in [-0.2, -0.15) is 26.3 Å². The van der Waals surface area contributed by atoms with Gasteiger partial charge >= 0.3 is 12.4 Å². The summed E-state index contributed by atoms with van der Waals surface area (Å²) in [6.07, 6.45) is -8.96. The zero-order valence-electron chi connectivity index (χ0n) is 23.6. The van der Waals surface area contributed by atoms with Gasteiger partial charge in [0.05, 0.1) is 23.2 Å². The van der Waals surface area contributed by atoms with Crippen molar-refractivity contribution in [2.24, 2.45) is 0 Å². The van der Waals surface area contributed by atoms with E-state index >= 15 is 0 Å². The Morgan fingerprint density at radius 3 is 2.12 bits per heavy atom. The molecule has 0 saturated carbocycles. The van der Waals surface area contributed by atoms with Crippen LogP contribution in [0.2, 0.25) is 0 Å². The van der Waals surface area contributed by atoms with E-state index in [-0.39, 0.29) is 37.6 Å². The number of carbonyl (C=O) groups is 2. The molecule has 12 heteroatoms. The van der Waals surface area contributed by atoms with Crippen molar-refractivity contribution < 1.29 is 35.9 Å². The molecule has 5 nitrogen and oxygen atoms in total. The summed E-state index contributed by atoms with van der Waals surface area (Å²) in [6, 6.07) is 10.5. The van der Waals surface area contributed by atoms with Crippen LogP contribution >= 0.6 is 11.3 Å². The Labute approximate surface area is 249 Å². The zero-order valence-corrected chi connectivity index (χ0v) is 24.5. The van der Waals surface area contributed by atoms with E-state index in [0.29, 0.717) is 31.6 Å². The van der Waals surface area contributed by atoms with Crippen LogP contribution in [0.1, 0.15) is 62.4 Å². The predicted octanol–water partition coefficient (Wildman–Crippen LogP) is 6.80. The maximum atomic E-state index is 13.9. The molecule has 0 N–H and O–H groups in total. The van der Waals surface area contributed by atoms with Crippen LogP contribution in [0.25, 0.3) is 0 Å². The lowest BCUT2D eigenvalue weighted by atomic mass is 9.89. The molecule has 0 bridgehead atoms. The highest BCUT2D eigenvalue weighted by Gasteiger charge is 2.39. The normalized spacial score (nSPS) is 19.1. The van der Waals surface area contributed by atoms with Gasteiger partial charge in [-0.25, -0.2) is 0 Å². The van der Waals surface area contributed by atoms with E-state index in [1.165, 1.54) is 15.3 Å². The second-order valence-corrected chi connectivity index (χ2v) is 12.0. The van der Waals surface area contributed by atoms with Crippen molar-refractivity contribution in [3.8, 4) is 0 Å². The van der Waals surface area contributed by atoms with Crippen LogP contribution in [0.4, 0.5) is 26.3 Å². The number of hydrogen-bond acceptors (Lipinski definition) is 4. The van der Waals surface area contributed by atoms with Gasteiger partial charge in [-0.1, -0.05) is 24.3 Å². The Morgan fingerprint density at radius 2 is 1.47 bits per heavy atom. The molecule has 1 fully saturated rings. The minimum atomic E-state index is -5.05. The first kappa shape index (κ1) is 31.1. The molecule has 1 saturated heterocycles. The first-order valence-electron chi connectivity index (χ1n) is 14.0. The van der Waals surface area contributed by atoms with Crippen LogP contribution in [0.15, 0.2) is 53.9 Å². The van der Waals surface area contributed by atoms with Crippen LogP contribution in [0, 0.1) is 6.92 Å². The maximum Gasteiger partial charge on any atom is 0.416 e. The molecule has 0 radical (unpaired) electrons. The van der Waals surface area contributed by atoms with Gasteiger partial charge in [0.2, 0.25) is 5.91 Å². The van der Waals surface area contributed by atoms with Crippen molar-refractivity contribution in [2.45, 2.75) is 51.1 Å². The monoisotopic (exact) mass is 623 g/mol. The standard InChI is InChI=1S/C31H31F6N3O2S/c1-19-6-3-4-7-24(19)27-25-9-15-43-26(25)8-12-40(27)20(2)28(41)38-10-5-11-39(14-13-38)29(42)21-16-22(30(32,33)34)18-23(17-21)31(35,36)37/h3-4,6-7,9,15-18,20,27H,5,8,10-14H2,1-2H3. The molecule has 230 valence electrons. The van der Waals surface area contributed by atoms with Gasteiger partial charge in [-0.15, -0.1) is 11.3 Å².